The third kappa shape index (κ3) is 1.85. The van der Waals surface area contributed by atoms with Gasteiger partial charge in [0.1, 0.15) is 11.5 Å². The number of hydrogen-bond donors (Lipinski definition) is 0. The van der Waals surface area contributed by atoms with Crippen molar-refractivity contribution in [3.05, 3.63) is 17.7 Å². The maximum Gasteiger partial charge on any atom is 0.414 e. The van der Waals surface area contributed by atoms with Crippen LogP contribution in [0.15, 0.2) is 12.1 Å². The van der Waals surface area contributed by atoms with Crippen LogP contribution in [0.25, 0.3) is 0 Å². The van der Waals surface area contributed by atoms with Crippen LogP contribution < -0.4 is 14.4 Å². The molecule has 1 amide bonds. The van der Waals surface area contributed by atoms with Gasteiger partial charge in [-0.15, -0.1) is 0 Å². The molecule has 0 spiro atoms. The van der Waals surface area contributed by atoms with Gasteiger partial charge in [-0.25, -0.2) is 4.79 Å². The van der Waals surface area contributed by atoms with E-state index in [4.69, 9.17) is 14.2 Å². The van der Waals surface area contributed by atoms with E-state index in [2.05, 4.69) is 0 Å². The summed E-state index contributed by atoms with van der Waals surface area (Å²) in [4.78, 5) is 13.4. The zero-order chi connectivity index (χ0) is 13.3. The second-order valence-corrected chi connectivity index (χ2v) is 4.23. The molecule has 5 nitrogen and oxygen atoms in total. The summed E-state index contributed by atoms with van der Waals surface area (Å²) < 4.78 is 15.4. The molecule has 0 unspecified atom stereocenters. The van der Waals surface area contributed by atoms with E-state index in [1.807, 2.05) is 13.0 Å². The van der Waals surface area contributed by atoms with Crippen molar-refractivity contribution in [2.75, 3.05) is 26.2 Å². The van der Waals surface area contributed by atoms with Crippen molar-refractivity contribution in [3.63, 3.8) is 0 Å². The van der Waals surface area contributed by atoms with E-state index in [0.717, 1.165) is 23.4 Å². The Kier molecular flexibility index (Phi) is 3.32. The molecule has 1 atom stereocenters. The van der Waals surface area contributed by atoms with Crippen LogP contribution in [0, 0.1) is 0 Å². The van der Waals surface area contributed by atoms with Crippen molar-refractivity contribution >= 4 is 11.8 Å². The van der Waals surface area contributed by atoms with Crippen molar-refractivity contribution < 1.29 is 19.0 Å². The van der Waals surface area contributed by atoms with Gasteiger partial charge in [0.25, 0.3) is 0 Å². The molecule has 0 N–H and O–H groups in total. The third-order valence-electron chi connectivity index (χ3n) is 3.15. The Bertz CT molecular complexity index is 472. The van der Waals surface area contributed by atoms with Crippen LogP contribution in [0.2, 0.25) is 0 Å². The lowest BCUT2D eigenvalue weighted by atomic mass is 10.1. The van der Waals surface area contributed by atoms with E-state index in [1.54, 1.807) is 25.2 Å². The zero-order valence-corrected chi connectivity index (χ0v) is 11.0. The fraction of sp³-hybridized carbons (Fsp3) is 0.462. The molecule has 0 radical (unpaired) electrons. The predicted molar refractivity (Wildman–Crippen MR) is 67.6 cm³/mol. The normalized spacial score (nSPS) is 17.3. The number of fused-ring (bicyclic) bond motifs is 1. The quantitative estimate of drug-likeness (QED) is 0.808. The topological polar surface area (TPSA) is 48.0 Å². The number of hydrogen-bond acceptors (Lipinski definition) is 4. The van der Waals surface area contributed by atoms with Crippen molar-refractivity contribution in [3.8, 4) is 11.5 Å². The van der Waals surface area contributed by atoms with Gasteiger partial charge in [-0.3, -0.25) is 4.90 Å². The van der Waals surface area contributed by atoms with Crippen molar-refractivity contribution in [1.29, 1.82) is 0 Å². The smallest absolute Gasteiger partial charge is 0.414 e. The minimum atomic E-state index is -0.371. The average molecular weight is 251 g/mol. The molecule has 1 heterocycles. The van der Waals surface area contributed by atoms with Gasteiger partial charge < -0.3 is 14.2 Å². The first-order valence-corrected chi connectivity index (χ1v) is 5.74. The summed E-state index contributed by atoms with van der Waals surface area (Å²) in [5, 5.41) is 0. The first-order valence-electron chi connectivity index (χ1n) is 5.74. The minimum absolute atomic E-state index is 0.0495. The van der Waals surface area contributed by atoms with Crippen LogP contribution in [0.5, 0.6) is 11.5 Å². The standard InChI is InChI=1S/C13H17NO4/c1-8-5-9-6-10(16-2)7-11(17-3)12(9)14(8)13(15)18-4/h6-8H,5H2,1-4H3/t8-/m0/s1. The maximum atomic E-state index is 11.8. The molecule has 0 saturated heterocycles. The third-order valence-corrected chi connectivity index (χ3v) is 3.15. The van der Waals surface area contributed by atoms with Gasteiger partial charge in [-0.05, 0) is 25.0 Å². The lowest BCUT2D eigenvalue weighted by Crippen LogP contribution is -2.35. The summed E-state index contributed by atoms with van der Waals surface area (Å²) in [5.41, 5.74) is 1.81. The van der Waals surface area contributed by atoms with Gasteiger partial charge in [0.15, 0.2) is 0 Å². The first kappa shape index (κ1) is 12.5. The first-order chi connectivity index (χ1) is 8.62. The number of anilines is 1. The van der Waals surface area contributed by atoms with Crippen LogP contribution in [0.1, 0.15) is 12.5 Å². The van der Waals surface area contributed by atoms with E-state index in [0.29, 0.717) is 5.75 Å². The monoisotopic (exact) mass is 251 g/mol. The van der Waals surface area contributed by atoms with Crippen LogP contribution in [0.3, 0.4) is 0 Å². The van der Waals surface area contributed by atoms with E-state index in [9.17, 15) is 4.79 Å². The van der Waals surface area contributed by atoms with E-state index in [1.165, 1.54) is 7.11 Å². The van der Waals surface area contributed by atoms with Gasteiger partial charge >= 0.3 is 6.09 Å². The van der Waals surface area contributed by atoms with Gasteiger partial charge in [-0.1, -0.05) is 0 Å². The van der Waals surface area contributed by atoms with Crippen LogP contribution in [0.4, 0.5) is 10.5 Å². The molecule has 1 aliphatic heterocycles. The summed E-state index contributed by atoms with van der Waals surface area (Å²) in [6.45, 7) is 1.98. The fourth-order valence-corrected chi connectivity index (χ4v) is 2.34. The Labute approximate surface area is 106 Å². The SMILES string of the molecule is COC(=O)N1c2c(cc(OC)cc2OC)C[C@@H]1C. The molecule has 0 aromatic heterocycles. The molecule has 0 saturated carbocycles. The summed E-state index contributed by atoms with van der Waals surface area (Å²) in [7, 11) is 4.56. The highest BCUT2D eigenvalue weighted by Crippen LogP contribution is 2.43. The largest absolute Gasteiger partial charge is 0.497 e. The molecule has 18 heavy (non-hydrogen) atoms. The van der Waals surface area contributed by atoms with E-state index >= 15 is 0 Å². The van der Waals surface area contributed by atoms with Gasteiger partial charge in [0.05, 0.1) is 27.0 Å². The summed E-state index contributed by atoms with van der Waals surface area (Å²) in [5.74, 6) is 1.35. The average Bonchev–Trinajstić information content (AvgIpc) is 2.72. The Morgan fingerprint density at radius 2 is 2.00 bits per heavy atom. The highest BCUT2D eigenvalue weighted by atomic mass is 16.5. The Morgan fingerprint density at radius 3 is 2.56 bits per heavy atom. The number of ether oxygens (including phenoxy) is 3. The lowest BCUT2D eigenvalue weighted by Gasteiger charge is -2.22. The molecule has 1 aliphatic rings. The number of rotatable bonds is 2. The Morgan fingerprint density at radius 1 is 1.28 bits per heavy atom. The molecule has 1 aromatic rings. The highest BCUT2D eigenvalue weighted by molar-refractivity contribution is 5.93. The van der Waals surface area contributed by atoms with Crippen LogP contribution in [-0.2, 0) is 11.2 Å². The molecule has 2 rings (SSSR count). The number of carbonyl (C=O) groups excluding carboxylic acids is 1. The molecule has 0 aliphatic carbocycles. The fourth-order valence-electron chi connectivity index (χ4n) is 2.34. The van der Waals surface area contributed by atoms with Crippen molar-refractivity contribution in [2.45, 2.75) is 19.4 Å². The zero-order valence-electron chi connectivity index (χ0n) is 11.0. The Balaban J connectivity index is 2.53. The molecule has 0 bridgehead atoms. The molecular formula is C13H17NO4. The van der Waals surface area contributed by atoms with E-state index < -0.39 is 0 Å². The van der Waals surface area contributed by atoms with Gasteiger partial charge in [0, 0.05) is 12.1 Å². The van der Waals surface area contributed by atoms with Crippen molar-refractivity contribution in [1.82, 2.24) is 0 Å². The number of amides is 1. The summed E-state index contributed by atoms with van der Waals surface area (Å²) in [6, 6.07) is 3.75. The second kappa shape index (κ2) is 4.76. The Hall–Kier alpha value is -1.91. The maximum absolute atomic E-state index is 11.8. The second-order valence-electron chi connectivity index (χ2n) is 4.23. The predicted octanol–water partition coefficient (Wildman–Crippen LogP) is 2.22. The van der Waals surface area contributed by atoms with E-state index in [-0.39, 0.29) is 12.1 Å². The van der Waals surface area contributed by atoms with Gasteiger partial charge in [-0.2, -0.15) is 0 Å². The summed E-state index contributed by atoms with van der Waals surface area (Å²) >= 11 is 0. The number of benzene rings is 1. The lowest BCUT2D eigenvalue weighted by molar-refractivity contribution is 0.177. The molecule has 0 fully saturated rings. The molecule has 1 aromatic carbocycles. The highest BCUT2D eigenvalue weighted by Gasteiger charge is 2.35. The number of carbonyl (C=O) groups is 1. The van der Waals surface area contributed by atoms with Gasteiger partial charge in [0.2, 0.25) is 0 Å². The molecular weight excluding hydrogens is 234 g/mol. The van der Waals surface area contributed by atoms with Crippen LogP contribution in [-0.4, -0.2) is 33.5 Å². The molecule has 98 valence electrons. The van der Waals surface area contributed by atoms with Crippen molar-refractivity contribution in [2.24, 2.45) is 0 Å². The van der Waals surface area contributed by atoms with Crippen LogP contribution >= 0.6 is 0 Å². The number of nitrogens with zero attached hydrogens (tertiary/aromatic N) is 1. The minimum Gasteiger partial charge on any atom is -0.497 e. The molecule has 5 heteroatoms. The number of methoxy groups -OCH3 is 3. The summed E-state index contributed by atoms with van der Waals surface area (Å²) in [6.07, 6.45) is 0.391.